The van der Waals surface area contributed by atoms with Crippen molar-refractivity contribution in [2.24, 2.45) is 0 Å². The van der Waals surface area contributed by atoms with Gasteiger partial charge in [-0.25, -0.2) is 0 Å². The van der Waals surface area contributed by atoms with E-state index in [-0.39, 0.29) is 0 Å². The average Bonchev–Trinajstić information content (AvgIpc) is 2.39. The summed E-state index contributed by atoms with van der Waals surface area (Å²) in [6.07, 6.45) is 1.51. The van der Waals surface area contributed by atoms with E-state index in [1.807, 2.05) is 0 Å². The fourth-order valence-electron chi connectivity index (χ4n) is 3.06. The number of hydrogen-bond donors (Lipinski definition) is 0. The van der Waals surface area contributed by atoms with E-state index in [0.717, 1.165) is 45.6 Å². The molecule has 1 aromatic rings. The van der Waals surface area contributed by atoms with Crippen molar-refractivity contribution in [2.45, 2.75) is 25.4 Å². The summed E-state index contributed by atoms with van der Waals surface area (Å²) in [7, 11) is 0. The Labute approximate surface area is 108 Å². The Kier molecular flexibility index (Phi) is 3.43. The SMILES string of the molecule is O=C1CCN2CCN(Cc3ccccc3)CC2C1. The van der Waals surface area contributed by atoms with Crippen molar-refractivity contribution >= 4 is 5.78 Å². The lowest BCUT2D eigenvalue weighted by Crippen LogP contribution is -2.55. The average molecular weight is 244 g/mol. The smallest absolute Gasteiger partial charge is 0.135 e. The van der Waals surface area contributed by atoms with Gasteiger partial charge in [-0.15, -0.1) is 0 Å². The fourth-order valence-corrected chi connectivity index (χ4v) is 3.06. The number of piperazine rings is 1. The number of rotatable bonds is 2. The quantitative estimate of drug-likeness (QED) is 0.788. The van der Waals surface area contributed by atoms with Crippen LogP contribution in [0.4, 0.5) is 0 Å². The summed E-state index contributed by atoms with van der Waals surface area (Å²) >= 11 is 0. The van der Waals surface area contributed by atoms with Gasteiger partial charge in [0, 0.05) is 51.6 Å². The van der Waals surface area contributed by atoms with E-state index in [0.29, 0.717) is 11.8 Å². The zero-order valence-corrected chi connectivity index (χ0v) is 10.7. The second-order valence-corrected chi connectivity index (χ2v) is 5.40. The molecule has 0 radical (unpaired) electrons. The lowest BCUT2D eigenvalue weighted by molar-refractivity contribution is -0.124. The van der Waals surface area contributed by atoms with Gasteiger partial charge in [0.15, 0.2) is 0 Å². The van der Waals surface area contributed by atoms with Crippen LogP contribution in [0.25, 0.3) is 0 Å². The number of Topliss-reactive ketones (excluding diaryl/α,β-unsaturated/α-hetero) is 1. The molecular formula is C15H20N2O. The summed E-state index contributed by atoms with van der Waals surface area (Å²) in [5, 5.41) is 0. The van der Waals surface area contributed by atoms with Gasteiger partial charge in [0.05, 0.1) is 0 Å². The molecule has 96 valence electrons. The molecule has 1 unspecified atom stereocenters. The van der Waals surface area contributed by atoms with Gasteiger partial charge in [0.2, 0.25) is 0 Å². The van der Waals surface area contributed by atoms with Gasteiger partial charge < -0.3 is 0 Å². The van der Waals surface area contributed by atoms with Crippen molar-refractivity contribution in [1.82, 2.24) is 9.80 Å². The summed E-state index contributed by atoms with van der Waals surface area (Å²) < 4.78 is 0. The number of benzene rings is 1. The minimum atomic E-state index is 0.442. The summed E-state index contributed by atoms with van der Waals surface area (Å²) in [6.45, 7) is 5.27. The van der Waals surface area contributed by atoms with Gasteiger partial charge in [-0.3, -0.25) is 14.6 Å². The first-order valence-corrected chi connectivity index (χ1v) is 6.83. The van der Waals surface area contributed by atoms with Crippen molar-refractivity contribution in [3.63, 3.8) is 0 Å². The van der Waals surface area contributed by atoms with Crippen LogP contribution in [0.3, 0.4) is 0 Å². The molecule has 0 aromatic heterocycles. The zero-order chi connectivity index (χ0) is 12.4. The van der Waals surface area contributed by atoms with E-state index >= 15 is 0 Å². The van der Waals surface area contributed by atoms with Crippen LogP contribution in [0.5, 0.6) is 0 Å². The Hall–Kier alpha value is -1.19. The number of carbonyl (C=O) groups excluding carboxylic acids is 1. The van der Waals surface area contributed by atoms with E-state index in [4.69, 9.17) is 0 Å². The van der Waals surface area contributed by atoms with Crippen molar-refractivity contribution in [3.05, 3.63) is 35.9 Å². The molecule has 3 nitrogen and oxygen atoms in total. The van der Waals surface area contributed by atoms with Crippen LogP contribution in [0.1, 0.15) is 18.4 Å². The van der Waals surface area contributed by atoms with E-state index in [1.165, 1.54) is 5.56 Å². The minimum absolute atomic E-state index is 0.442. The molecule has 2 saturated heterocycles. The van der Waals surface area contributed by atoms with Gasteiger partial charge in [0.1, 0.15) is 5.78 Å². The standard InChI is InChI=1S/C15H20N2O/c18-15-6-7-17-9-8-16(12-14(17)10-15)11-13-4-2-1-3-5-13/h1-5,14H,6-12H2. The second kappa shape index (κ2) is 5.21. The van der Waals surface area contributed by atoms with Crippen LogP contribution >= 0.6 is 0 Å². The van der Waals surface area contributed by atoms with E-state index in [1.54, 1.807) is 0 Å². The van der Waals surface area contributed by atoms with Gasteiger partial charge in [-0.1, -0.05) is 30.3 Å². The molecule has 0 saturated carbocycles. The molecule has 1 atom stereocenters. The molecule has 18 heavy (non-hydrogen) atoms. The van der Waals surface area contributed by atoms with E-state index in [9.17, 15) is 4.79 Å². The molecule has 1 aromatic carbocycles. The highest BCUT2D eigenvalue weighted by Crippen LogP contribution is 2.20. The van der Waals surface area contributed by atoms with E-state index in [2.05, 4.69) is 40.1 Å². The molecule has 2 heterocycles. The highest BCUT2D eigenvalue weighted by Gasteiger charge is 2.31. The Morgan fingerprint density at radius 3 is 2.78 bits per heavy atom. The molecule has 2 fully saturated rings. The molecule has 2 aliphatic rings. The Morgan fingerprint density at radius 2 is 1.94 bits per heavy atom. The molecule has 3 heteroatoms. The normalized spacial score (nSPS) is 26.0. The van der Waals surface area contributed by atoms with Crippen molar-refractivity contribution in [1.29, 1.82) is 0 Å². The topological polar surface area (TPSA) is 23.6 Å². The third-order valence-corrected chi connectivity index (χ3v) is 4.08. The van der Waals surface area contributed by atoms with Gasteiger partial charge in [-0.2, -0.15) is 0 Å². The summed E-state index contributed by atoms with van der Waals surface area (Å²) in [6, 6.07) is 11.1. The summed E-state index contributed by atoms with van der Waals surface area (Å²) in [5.41, 5.74) is 1.37. The van der Waals surface area contributed by atoms with Gasteiger partial charge in [-0.05, 0) is 5.56 Å². The first-order valence-electron chi connectivity index (χ1n) is 6.83. The number of piperidine rings is 1. The predicted octanol–water partition coefficient (Wildman–Crippen LogP) is 1.54. The van der Waals surface area contributed by atoms with Crippen LogP contribution in [0, 0.1) is 0 Å². The molecule has 0 aliphatic carbocycles. The van der Waals surface area contributed by atoms with Crippen molar-refractivity contribution in [3.8, 4) is 0 Å². The number of fused-ring (bicyclic) bond motifs is 1. The number of ketones is 1. The van der Waals surface area contributed by atoms with Gasteiger partial charge in [0.25, 0.3) is 0 Å². The first kappa shape index (κ1) is 11.9. The Morgan fingerprint density at radius 1 is 1.11 bits per heavy atom. The largest absolute Gasteiger partial charge is 0.300 e. The van der Waals surface area contributed by atoms with Crippen LogP contribution < -0.4 is 0 Å². The molecule has 3 rings (SSSR count). The van der Waals surface area contributed by atoms with Crippen molar-refractivity contribution < 1.29 is 4.79 Å². The van der Waals surface area contributed by atoms with Crippen LogP contribution in [0.2, 0.25) is 0 Å². The second-order valence-electron chi connectivity index (χ2n) is 5.40. The van der Waals surface area contributed by atoms with Crippen LogP contribution in [0.15, 0.2) is 30.3 Å². The Bertz CT molecular complexity index is 418. The van der Waals surface area contributed by atoms with E-state index < -0.39 is 0 Å². The van der Waals surface area contributed by atoms with Crippen LogP contribution in [-0.4, -0.2) is 47.8 Å². The third kappa shape index (κ3) is 2.62. The summed E-state index contributed by atoms with van der Waals surface area (Å²) in [5.74, 6) is 0.442. The number of nitrogens with zero attached hydrogens (tertiary/aromatic N) is 2. The van der Waals surface area contributed by atoms with Crippen LogP contribution in [-0.2, 0) is 11.3 Å². The lowest BCUT2D eigenvalue weighted by Gasteiger charge is -2.43. The monoisotopic (exact) mass is 244 g/mol. The number of carbonyl (C=O) groups is 1. The maximum absolute atomic E-state index is 11.5. The zero-order valence-electron chi connectivity index (χ0n) is 10.7. The predicted molar refractivity (Wildman–Crippen MR) is 71.3 cm³/mol. The minimum Gasteiger partial charge on any atom is -0.300 e. The third-order valence-electron chi connectivity index (χ3n) is 4.08. The molecule has 2 aliphatic heterocycles. The number of hydrogen-bond acceptors (Lipinski definition) is 3. The molecule has 0 amide bonds. The molecule has 0 N–H and O–H groups in total. The highest BCUT2D eigenvalue weighted by atomic mass is 16.1. The fraction of sp³-hybridized carbons (Fsp3) is 0.533. The lowest BCUT2D eigenvalue weighted by atomic mass is 9.98. The highest BCUT2D eigenvalue weighted by molar-refractivity contribution is 5.80. The molecule has 0 spiro atoms. The maximum Gasteiger partial charge on any atom is 0.135 e. The maximum atomic E-state index is 11.5. The van der Waals surface area contributed by atoms with Gasteiger partial charge >= 0.3 is 0 Å². The Balaban J connectivity index is 1.61. The van der Waals surface area contributed by atoms with Crippen molar-refractivity contribution in [2.75, 3.05) is 26.2 Å². The summed E-state index contributed by atoms with van der Waals surface area (Å²) in [4.78, 5) is 16.5. The molecule has 0 bridgehead atoms. The molecular weight excluding hydrogens is 224 g/mol. The first-order chi connectivity index (χ1) is 8.81.